The largest absolute Gasteiger partial charge is 0.375 e. The average Bonchev–Trinajstić information content (AvgIpc) is 3.05. The normalized spacial score (nSPS) is 18.6. The van der Waals surface area contributed by atoms with Crippen LogP contribution in [0.5, 0.6) is 0 Å². The van der Waals surface area contributed by atoms with Crippen LogP contribution < -0.4 is 0 Å². The smallest absolute Gasteiger partial charge is 0.267 e. The molecule has 0 aliphatic carbocycles. The summed E-state index contributed by atoms with van der Waals surface area (Å²) in [6.07, 6.45) is 2.77. The summed E-state index contributed by atoms with van der Waals surface area (Å²) in [7, 11) is -3.69. The van der Waals surface area contributed by atoms with Gasteiger partial charge in [-0.1, -0.05) is 17.7 Å². The quantitative estimate of drug-likeness (QED) is 0.849. The van der Waals surface area contributed by atoms with E-state index in [0.717, 1.165) is 9.54 Å². The van der Waals surface area contributed by atoms with E-state index in [1.165, 1.54) is 18.5 Å². The van der Waals surface area contributed by atoms with Gasteiger partial charge < -0.3 is 9.64 Å². The summed E-state index contributed by atoms with van der Waals surface area (Å²) >= 11 is 0. The van der Waals surface area contributed by atoms with Gasteiger partial charge in [-0.05, 0) is 32.0 Å². The van der Waals surface area contributed by atoms with E-state index in [0.29, 0.717) is 25.3 Å². The van der Waals surface area contributed by atoms with Gasteiger partial charge in [0.15, 0.2) is 0 Å². The van der Waals surface area contributed by atoms with Crippen LogP contribution in [0.2, 0.25) is 0 Å². The maximum absolute atomic E-state index is 12.6. The topological polar surface area (TPSA) is 68.6 Å². The molecule has 1 aliphatic rings. The van der Waals surface area contributed by atoms with Gasteiger partial charge in [0.1, 0.15) is 0 Å². The van der Waals surface area contributed by atoms with Gasteiger partial charge in [-0.2, -0.15) is 0 Å². The van der Waals surface area contributed by atoms with Gasteiger partial charge >= 0.3 is 0 Å². The summed E-state index contributed by atoms with van der Waals surface area (Å²) in [5.74, 6) is -0.178. The lowest BCUT2D eigenvalue weighted by atomic mass is 10.2. The van der Waals surface area contributed by atoms with Crippen molar-refractivity contribution in [2.24, 2.45) is 0 Å². The molecule has 0 spiro atoms. The zero-order valence-corrected chi connectivity index (χ0v) is 14.5. The van der Waals surface area contributed by atoms with Crippen LogP contribution in [-0.4, -0.2) is 49.0 Å². The summed E-state index contributed by atoms with van der Waals surface area (Å²) in [6, 6.07) is 8.16. The zero-order valence-electron chi connectivity index (χ0n) is 13.7. The van der Waals surface area contributed by atoms with Crippen LogP contribution in [0.15, 0.2) is 47.6 Å². The number of carbonyl (C=O) groups is 1. The fourth-order valence-corrected chi connectivity index (χ4v) is 3.87. The van der Waals surface area contributed by atoms with Gasteiger partial charge in [-0.3, -0.25) is 4.79 Å². The average molecular weight is 348 g/mol. The number of aromatic nitrogens is 1. The molecule has 1 amide bonds. The minimum atomic E-state index is -3.69. The Balaban J connectivity index is 1.84. The minimum absolute atomic E-state index is 0.0129. The van der Waals surface area contributed by atoms with Gasteiger partial charge in [-0.15, -0.1) is 0 Å². The molecule has 7 heteroatoms. The Kier molecular flexibility index (Phi) is 4.47. The number of amides is 1. The Morgan fingerprint density at radius 2 is 1.92 bits per heavy atom. The number of hydrogen-bond donors (Lipinski definition) is 0. The lowest BCUT2D eigenvalue weighted by molar-refractivity contribution is -0.0124. The maximum Gasteiger partial charge on any atom is 0.267 e. The van der Waals surface area contributed by atoms with Crippen molar-refractivity contribution in [1.29, 1.82) is 0 Å². The van der Waals surface area contributed by atoms with Crippen molar-refractivity contribution in [2.75, 3.05) is 19.7 Å². The summed E-state index contributed by atoms with van der Waals surface area (Å²) in [4.78, 5) is 14.4. The van der Waals surface area contributed by atoms with Gasteiger partial charge in [0.25, 0.3) is 15.9 Å². The van der Waals surface area contributed by atoms with E-state index >= 15 is 0 Å². The highest BCUT2D eigenvalue weighted by atomic mass is 32.2. The fraction of sp³-hybridized carbons (Fsp3) is 0.353. The molecule has 1 aliphatic heterocycles. The lowest BCUT2D eigenvalue weighted by Gasteiger charge is -2.30. The van der Waals surface area contributed by atoms with Crippen LogP contribution >= 0.6 is 0 Å². The molecule has 1 atom stereocenters. The summed E-state index contributed by atoms with van der Waals surface area (Å²) in [6.45, 7) is 5.32. The van der Waals surface area contributed by atoms with Crippen molar-refractivity contribution in [3.05, 3.63) is 53.9 Å². The molecular formula is C17H20N2O4S. The zero-order chi connectivity index (χ0) is 17.3. The number of morpholine rings is 1. The van der Waals surface area contributed by atoms with Crippen LogP contribution in [0.1, 0.15) is 22.8 Å². The van der Waals surface area contributed by atoms with Crippen LogP contribution in [0, 0.1) is 6.92 Å². The first kappa shape index (κ1) is 16.7. The van der Waals surface area contributed by atoms with E-state index in [4.69, 9.17) is 4.74 Å². The second-order valence-electron chi connectivity index (χ2n) is 5.98. The lowest BCUT2D eigenvalue weighted by Crippen LogP contribution is -2.44. The van der Waals surface area contributed by atoms with Crippen molar-refractivity contribution in [1.82, 2.24) is 8.87 Å². The van der Waals surface area contributed by atoms with Crippen molar-refractivity contribution >= 4 is 15.9 Å². The Bertz CT molecular complexity index is 840. The van der Waals surface area contributed by atoms with Crippen molar-refractivity contribution < 1.29 is 17.9 Å². The number of ether oxygens (including phenoxy) is 1. The molecule has 24 heavy (non-hydrogen) atoms. The molecule has 1 saturated heterocycles. The first-order chi connectivity index (χ1) is 11.4. The predicted octanol–water partition coefficient (Wildman–Crippen LogP) is 1.89. The summed E-state index contributed by atoms with van der Waals surface area (Å²) in [5.41, 5.74) is 1.35. The standard InChI is InChI=1S/C17H20N2O4S/c1-13-3-5-16(6-4-13)24(21,22)19-8-7-15(12-19)17(20)18-9-10-23-14(2)11-18/h3-8,12,14H,9-11H2,1-2H3. The van der Waals surface area contributed by atoms with Crippen LogP contribution in [-0.2, 0) is 14.8 Å². The van der Waals surface area contributed by atoms with Gasteiger partial charge in [-0.25, -0.2) is 12.4 Å². The van der Waals surface area contributed by atoms with Crippen LogP contribution in [0.25, 0.3) is 0 Å². The Morgan fingerprint density at radius 1 is 1.21 bits per heavy atom. The molecule has 0 radical (unpaired) electrons. The second-order valence-corrected chi connectivity index (χ2v) is 7.82. The molecule has 6 nitrogen and oxygen atoms in total. The van der Waals surface area contributed by atoms with Crippen LogP contribution in [0.4, 0.5) is 0 Å². The highest BCUT2D eigenvalue weighted by Gasteiger charge is 2.24. The monoisotopic (exact) mass is 348 g/mol. The third-order valence-corrected chi connectivity index (χ3v) is 5.69. The Morgan fingerprint density at radius 3 is 2.58 bits per heavy atom. The predicted molar refractivity (Wildman–Crippen MR) is 89.5 cm³/mol. The third kappa shape index (κ3) is 3.22. The van der Waals surface area contributed by atoms with Gasteiger partial charge in [0, 0.05) is 25.5 Å². The van der Waals surface area contributed by atoms with Crippen molar-refractivity contribution in [2.45, 2.75) is 24.8 Å². The molecule has 2 aromatic rings. The second kappa shape index (κ2) is 6.41. The van der Waals surface area contributed by atoms with E-state index in [1.807, 2.05) is 13.8 Å². The number of benzene rings is 1. The van der Waals surface area contributed by atoms with E-state index in [1.54, 1.807) is 29.2 Å². The van der Waals surface area contributed by atoms with E-state index in [2.05, 4.69) is 0 Å². The molecule has 0 saturated carbocycles. The maximum atomic E-state index is 12.6. The van der Waals surface area contributed by atoms with E-state index < -0.39 is 10.0 Å². The number of hydrogen-bond acceptors (Lipinski definition) is 4. The molecule has 1 aromatic carbocycles. The van der Waals surface area contributed by atoms with Crippen molar-refractivity contribution in [3.8, 4) is 0 Å². The number of carbonyl (C=O) groups excluding carboxylic acids is 1. The SMILES string of the molecule is Cc1ccc(S(=O)(=O)n2ccc(C(=O)N3CCOC(C)C3)c2)cc1. The highest BCUT2D eigenvalue weighted by Crippen LogP contribution is 2.17. The molecule has 1 unspecified atom stereocenters. The number of nitrogens with zero attached hydrogens (tertiary/aromatic N) is 2. The molecular weight excluding hydrogens is 328 g/mol. The first-order valence-corrected chi connectivity index (χ1v) is 9.23. The van der Waals surface area contributed by atoms with Gasteiger partial charge in [0.2, 0.25) is 0 Å². The summed E-state index contributed by atoms with van der Waals surface area (Å²) in [5, 5.41) is 0. The number of aryl methyl sites for hydroxylation is 1. The molecule has 0 N–H and O–H groups in total. The molecule has 1 aromatic heterocycles. The molecule has 3 rings (SSSR count). The van der Waals surface area contributed by atoms with Crippen molar-refractivity contribution in [3.63, 3.8) is 0 Å². The number of rotatable bonds is 3. The first-order valence-electron chi connectivity index (χ1n) is 7.79. The molecule has 2 heterocycles. The fourth-order valence-electron chi connectivity index (χ4n) is 2.67. The van der Waals surface area contributed by atoms with E-state index in [-0.39, 0.29) is 16.9 Å². The third-order valence-electron chi connectivity index (χ3n) is 4.04. The molecule has 128 valence electrons. The Hall–Kier alpha value is -2.12. The van der Waals surface area contributed by atoms with E-state index in [9.17, 15) is 13.2 Å². The van der Waals surface area contributed by atoms with Gasteiger partial charge in [0.05, 0.1) is 23.2 Å². The minimum Gasteiger partial charge on any atom is -0.375 e. The Labute approximate surface area is 141 Å². The highest BCUT2D eigenvalue weighted by molar-refractivity contribution is 7.90. The molecule has 1 fully saturated rings. The summed E-state index contributed by atoms with van der Waals surface area (Å²) < 4.78 is 31.8. The van der Waals surface area contributed by atoms with Crippen LogP contribution in [0.3, 0.4) is 0 Å². The molecule has 0 bridgehead atoms.